The molecule has 0 radical (unpaired) electrons. The summed E-state index contributed by atoms with van der Waals surface area (Å²) in [5, 5.41) is 9.95. The second kappa shape index (κ2) is 4.07. The summed E-state index contributed by atoms with van der Waals surface area (Å²) < 4.78 is 37.0. The predicted octanol–water partition coefficient (Wildman–Crippen LogP) is 2.35. The van der Waals surface area contributed by atoms with Crippen LogP contribution in [0, 0.1) is 10.1 Å². The van der Waals surface area contributed by atoms with Crippen LogP contribution < -0.4 is 0 Å². The zero-order valence-corrected chi connectivity index (χ0v) is 7.23. The Balaban J connectivity index is 3.13. The molecule has 7 heteroatoms. The van der Waals surface area contributed by atoms with Crippen molar-refractivity contribution in [3.05, 3.63) is 45.9 Å². The first-order valence-electron chi connectivity index (χ1n) is 3.74. The van der Waals surface area contributed by atoms with E-state index in [-0.39, 0.29) is 5.56 Å². The van der Waals surface area contributed by atoms with E-state index in [0.29, 0.717) is 6.20 Å². The standard InChI is InChI=1S/C8H5F3N2O2/c9-8(10,11)7-1-3-12-5-6(7)2-4-13(14)15/h1-5H/b4-2+. The van der Waals surface area contributed by atoms with Crippen LogP contribution in [0.25, 0.3) is 6.08 Å². The Hall–Kier alpha value is -1.92. The van der Waals surface area contributed by atoms with Crippen molar-refractivity contribution in [3.8, 4) is 0 Å². The summed E-state index contributed by atoms with van der Waals surface area (Å²) in [6.45, 7) is 0. The van der Waals surface area contributed by atoms with Crippen molar-refractivity contribution >= 4 is 6.08 Å². The molecule has 0 N–H and O–H groups in total. The predicted molar refractivity (Wildman–Crippen MR) is 45.3 cm³/mol. The van der Waals surface area contributed by atoms with Crippen LogP contribution in [-0.2, 0) is 6.18 Å². The van der Waals surface area contributed by atoms with Gasteiger partial charge in [-0.2, -0.15) is 13.2 Å². The molecule has 15 heavy (non-hydrogen) atoms. The van der Waals surface area contributed by atoms with E-state index in [2.05, 4.69) is 4.98 Å². The van der Waals surface area contributed by atoms with E-state index in [1.54, 1.807) is 0 Å². The van der Waals surface area contributed by atoms with Crippen LogP contribution in [0.2, 0.25) is 0 Å². The van der Waals surface area contributed by atoms with Crippen LogP contribution in [0.1, 0.15) is 11.1 Å². The van der Waals surface area contributed by atoms with Gasteiger partial charge in [0.1, 0.15) is 0 Å². The van der Waals surface area contributed by atoms with Gasteiger partial charge >= 0.3 is 6.18 Å². The van der Waals surface area contributed by atoms with Gasteiger partial charge in [0, 0.05) is 24.0 Å². The fourth-order valence-corrected chi connectivity index (χ4v) is 0.939. The molecule has 0 aliphatic carbocycles. The second-order valence-electron chi connectivity index (χ2n) is 2.56. The highest BCUT2D eigenvalue weighted by Crippen LogP contribution is 2.31. The maximum Gasteiger partial charge on any atom is 0.417 e. The zero-order chi connectivity index (χ0) is 11.5. The van der Waals surface area contributed by atoms with Gasteiger partial charge in [-0.1, -0.05) is 0 Å². The van der Waals surface area contributed by atoms with Crippen molar-refractivity contribution in [2.45, 2.75) is 6.18 Å². The smallest absolute Gasteiger partial charge is 0.264 e. The number of hydrogen-bond donors (Lipinski definition) is 0. The van der Waals surface area contributed by atoms with E-state index < -0.39 is 16.7 Å². The molecular weight excluding hydrogens is 213 g/mol. The van der Waals surface area contributed by atoms with Gasteiger partial charge in [-0.25, -0.2) is 0 Å². The molecule has 4 nitrogen and oxygen atoms in total. The molecule has 1 aromatic heterocycles. The first kappa shape index (κ1) is 11.2. The Bertz CT molecular complexity index is 401. The molecule has 0 aliphatic rings. The number of nitro groups is 1. The van der Waals surface area contributed by atoms with E-state index in [9.17, 15) is 23.3 Å². The Morgan fingerprint density at radius 2 is 2.13 bits per heavy atom. The molecule has 0 spiro atoms. The maximum absolute atomic E-state index is 12.3. The summed E-state index contributed by atoms with van der Waals surface area (Å²) in [5.41, 5.74) is -1.28. The molecule has 0 fully saturated rings. The maximum atomic E-state index is 12.3. The SMILES string of the molecule is O=[N+]([O-])/C=C/c1cnccc1C(F)(F)F. The van der Waals surface area contributed by atoms with E-state index >= 15 is 0 Å². The molecule has 0 saturated carbocycles. The molecule has 0 bridgehead atoms. The van der Waals surface area contributed by atoms with Crippen molar-refractivity contribution in [1.29, 1.82) is 0 Å². The molecule has 1 heterocycles. The third kappa shape index (κ3) is 3.04. The molecule has 0 atom stereocenters. The number of rotatable bonds is 2. The first-order chi connectivity index (χ1) is 6.91. The second-order valence-corrected chi connectivity index (χ2v) is 2.56. The monoisotopic (exact) mass is 218 g/mol. The lowest BCUT2D eigenvalue weighted by Gasteiger charge is -2.08. The molecule has 0 amide bonds. The number of pyridine rings is 1. The summed E-state index contributed by atoms with van der Waals surface area (Å²) in [4.78, 5) is 12.6. The average molecular weight is 218 g/mol. The van der Waals surface area contributed by atoms with Gasteiger partial charge in [0.15, 0.2) is 0 Å². The van der Waals surface area contributed by atoms with Gasteiger partial charge in [0.25, 0.3) is 0 Å². The van der Waals surface area contributed by atoms with Crippen molar-refractivity contribution in [3.63, 3.8) is 0 Å². The lowest BCUT2D eigenvalue weighted by molar-refractivity contribution is -0.400. The average Bonchev–Trinajstić information content (AvgIpc) is 2.13. The molecule has 1 rings (SSSR count). The fraction of sp³-hybridized carbons (Fsp3) is 0.125. The van der Waals surface area contributed by atoms with Crippen molar-refractivity contribution in [2.24, 2.45) is 0 Å². The molecule has 0 aliphatic heterocycles. The third-order valence-corrected chi connectivity index (χ3v) is 1.53. The van der Waals surface area contributed by atoms with E-state index in [4.69, 9.17) is 0 Å². The number of alkyl halides is 3. The van der Waals surface area contributed by atoms with Gasteiger partial charge in [-0.3, -0.25) is 15.1 Å². The highest BCUT2D eigenvalue weighted by Gasteiger charge is 2.32. The van der Waals surface area contributed by atoms with Crippen LogP contribution in [0.3, 0.4) is 0 Å². The molecule has 80 valence electrons. The van der Waals surface area contributed by atoms with Crippen molar-refractivity contribution in [2.75, 3.05) is 0 Å². The van der Waals surface area contributed by atoms with Crippen LogP contribution in [0.4, 0.5) is 13.2 Å². The minimum atomic E-state index is -4.54. The summed E-state index contributed by atoms with van der Waals surface area (Å²) in [6.07, 6.45) is -1.45. The molecule has 0 saturated heterocycles. The number of halogens is 3. The zero-order valence-electron chi connectivity index (χ0n) is 7.23. The van der Waals surface area contributed by atoms with Crippen LogP contribution >= 0.6 is 0 Å². The lowest BCUT2D eigenvalue weighted by Crippen LogP contribution is -2.07. The summed E-state index contributed by atoms with van der Waals surface area (Å²) in [7, 11) is 0. The van der Waals surface area contributed by atoms with Crippen LogP contribution in [0.15, 0.2) is 24.7 Å². The Kier molecular flexibility index (Phi) is 3.03. The highest BCUT2D eigenvalue weighted by atomic mass is 19.4. The molecular formula is C8H5F3N2O2. The fourth-order valence-electron chi connectivity index (χ4n) is 0.939. The van der Waals surface area contributed by atoms with Crippen molar-refractivity contribution < 1.29 is 18.1 Å². The number of hydrogen-bond acceptors (Lipinski definition) is 3. The topological polar surface area (TPSA) is 56.0 Å². The Labute approximate surface area is 82.2 Å². The van der Waals surface area contributed by atoms with Gasteiger partial charge in [-0.05, 0) is 6.07 Å². The number of nitrogens with zero attached hydrogens (tertiary/aromatic N) is 2. The number of aromatic nitrogens is 1. The normalized spacial score (nSPS) is 11.9. The quantitative estimate of drug-likeness (QED) is 0.565. The van der Waals surface area contributed by atoms with Crippen molar-refractivity contribution in [1.82, 2.24) is 4.98 Å². The van der Waals surface area contributed by atoms with Gasteiger partial charge in [0.05, 0.1) is 10.5 Å². The summed E-state index contributed by atoms with van der Waals surface area (Å²) in [5.74, 6) is 0. The first-order valence-corrected chi connectivity index (χ1v) is 3.74. The van der Waals surface area contributed by atoms with Gasteiger partial charge in [-0.15, -0.1) is 0 Å². The van der Waals surface area contributed by atoms with Gasteiger partial charge < -0.3 is 0 Å². The Morgan fingerprint density at radius 3 is 2.67 bits per heavy atom. The van der Waals surface area contributed by atoms with E-state index in [1.807, 2.05) is 0 Å². The Morgan fingerprint density at radius 1 is 1.47 bits per heavy atom. The lowest BCUT2D eigenvalue weighted by atomic mass is 10.1. The summed E-state index contributed by atoms with van der Waals surface area (Å²) >= 11 is 0. The minimum Gasteiger partial charge on any atom is -0.264 e. The van der Waals surface area contributed by atoms with Crippen LogP contribution in [-0.4, -0.2) is 9.91 Å². The highest BCUT2D eigenvalue weighted by molar-refractivity contribution is 5.52. The largest absolute Gasteiger partial charge is 0.417 e. The van der Waals surface area contributed by atoms with E-state index in [0.717, 1.165) is 24.5 Å². The molecule has 1 aromatic rings. The van der Waals surface area contributed by atoms with Crippen LogP contribution in [0.5, 0.6) is 0 Å². The summed E-state index contributed by atoms with van der Waals surface area (Å²) in [6, 6.07) is 0.764. The van der Waals surface area contributed by atoms with E-state index in [1.165, 1.54) is 0 Å². The third-order valence-electron chi connectivity index (χ3n) is 1.53. The van der Waals surface area contributed by atoms with Gasteiger partial charge in [0.2, 0.25) is 6.20 Å². The molecule has 0 unspecified atom stereocenters. The minimum absolute atomic E-state index is 0.332. The molecule has 0 aromatic carbocycles.